The van der Waals surface area contributed by atoms with Crippen LogP contribution in [0.1, 0.15) is 52.5 Å². The molecule has 9 heteroatoms. The molecule has 0 bridgehead atoms. The second kappa shape index (κ2) is 8.76. The molecule has 180 valence electrons. The summed E-state index contributed by atoms with van der Waals surface area (Å²) in [5.74, 6) is 0.861. The molecule has 4 aromatic rings. The minimum atomic E-state index is -2.15. The molecule has 1 aliphatic carbocycles. The molecule has 6 rings (SSSR count). The van der Waals surface area contributed by atoms with Crippen LogP contribution in [0.25, 0.3) is 5.65 Å². The van der Waals surface area contributed by atoms with E-state index in [9.17, 15) is 0 Å². The Morgan fingerprint density at radius 1 is 1.20 bits per heavy atom. The van der Waals surface area contributed by atoms with E-state index in [0.29, 0.717) is 10.7 Å². The third kappa shape index (κ3) is 3.70. The summed E-state index contributed by atoms with van der Waals surface area (Å²) in [6.45, 7) is 1.52. The minimum Gasteiger partial charge on any atom is -0.342 e. The first-order chi connectivity index (χ1) is 18.2. The number of nitrogens with two attached hydrogens (primary N) is 1. The van der Waals surface area contributed by atoms with Gasteiger partial charge in [-0.05, 0) is 55.7 Å². The van der Waals surface area contributed by atoms with Gasteiger partial charge >= 0.3 is 0 Å². The van der Waals surface area contributed by atoms with Crippen molar-refractivity contribution in [3.63, 3.8) is 0 Å². The highest BCUT2D eigenvalue weighted by Crippen LogP contribution is 2.50. The molecule has 1 saturated heterocycles. The second-order valence-electron chi connectivity index (χ2n) is 9.34. The highest BCUT2D eigenvalue weighted by Gasteiger charge is 2.46. The Morgan fingerprint density at radius 3 is 2.86 bits per heavy atom. The molecule has 0 unspecified atom stereocenters. The molecular weight excluding hydrogens is 478 g/mol. The number of halogens is 1. The van der Waals surface area contributed by atoms with Crippen LogP contribution < -0.4 is 10.6 Å². The van der Waals surface area contributed by atoms with Crippen LogP contribution in [0.2, 0.25) is 5.02 Å². The maximum Gasteiger partial charge on any atom is 0.211 e. The van der Waals surface area contributed by atoms with Gasteiger partial charge in [0.25, 0.3) is 0 Å². The van der Waals surface area contributed by atoms with E-state index in [1.165, 1.54) is 17.3 Å². The van der Waals surface area contributed by atoms with Crippen molar-refractivity contribution in [2.75, 3.05) is 18.0 Å². The van der Waals surface area contributed by atoms with Crippen molar-refractivity contribution in [1.29, 1.82) is 0 Å². The van der Waals surface area contributed by atoms with Gasteiger partial charge in [-0.2, -0.15) is 0 Å². The van der Waals surface area contributed by atoms with E-state index in [4.69, 9.17) is 26.4 Å². The second-order valence-corrected chi connectivity index (χ2v) is 10.8. The van der Waals surface area contributed by atoms with Crippen molar-refractivity contribution in [2.45, 2.75) is 55.3 Å². The van der Waals surface area contributed by atoms with Gasteiger partial charge < -0.3 is 10.6 Å². The Balaban J connectivity index is 1.27. The van der Waals surface area contributed by atoms with Gasteiger partial charge in [0.05, 0.1) is 21.3 Å². The van der Waals surface area contributed by atoms with Gasteiger partial charge in [-0.1, -0.05) is 36.3 Å². The Hall–Kier alpha value is -2.68. The summed E-state index contributed by atoms with van der Waals surface area (Å²) in [6, 6.07) is 5.90. The first-order valence-electron chi connectivity index (χ1n) is 13.2. The molecule has 0 saturated carbocycles. The lowest BCUT2D eigenvalue weighted by Crippen LogP contribution is -2.45. The summed E-state index contributed by atoms with van der Waals surface area (Å²) >= 11 is 8.03. The fraction of sp³-hybridized carbons (Fsp3) is 0.385. The first kappa shape index (κ1) is 19.5. The average Bonchev–Trinajstić information content (AvgIpc) is 3.47. The van der Waals surface area contributed by atoms with E-state index in [1.54, 1.807) is 18.5 Å². The third-order valence-electron chi connectivity index (χ3n) is 7.44. The van der Waals surface area contributed by atoms with Gasteiger partial charge in [-0.3, -0.25) is 14.4 Å². The fourth-order valence-corrected chi connectivity index (χ4v) is 6.75. The molecule has 1 atom stereocenters. The SMILES string of the molecule is [2H]C([2H])([2H])Cc1nccc(Sc2c(C)nc(N3CCC4(CC3)Cc3ncccc3[C@H]4N)n3ccnc23)c1Cl. The summed E-state index contributed by atoms with van der Waals surface area (Å²) in [6.07, 6.45) is 9.84. The molecule has 2 aliphatic rings. The molecule has 5 heterocycles. The zero-order valence-corrected chi connectivity index (χ0v) is 21.0. The number of hydrogen-bond acceptors (Lipinski definition) is 7. The molecule has 2 N–H and O–H groups in total. The van der Waals surface area contributed by atoms with Crippen molar-refractivity contribution in [3.8, 4) is 0 Å². The number of aromatic nitrogens is 5. The van der Waals surface area contributed by atoms with E-state index in [1.807, 2.05) is 29.8 Å². The highest BCUT2D eigenvalue weighted by molar-refractivity contribution is 7.99. The van der Waals surface area contributed by atoms with E-state index in [-0.39, 0.29) is 17.9 Å². The molecular formula is C26H28ClN7S. The Morgan fingerprint density at radius 2 is 2.06 bits per heavy atom. The minimum absolute atomic E-state index is 0.00963. The molecule has 7 nitrogen and oxygen atoms in total. The molecule has 1 aliphatic heterocycles. The largest absolute Gasteiger partial charge is 0.342 e. The summed E-state index contributed by atoms with van der Waals surface area (Å²) in [4.78, 5) is 22.4. The topological polar surface area (TPSA) is 85.2 Å². The quantitative estimate of drug-likeness (QED) is 0.413. The maximum absolute atomic E-state index is 7.59. The number of fused-ring (bicyclic) bond motifs is 2. The Labute approximate surface area is 218 Å². The van der Waals surface area contributed by atoms with Gasteiger partial charge in [0.2, 0.25) is 5.95 Å². The van der Waals surface area contributed by atoms with Gasteiger partial charge in [-0.15, -0.1) is 0 Å². The molecule has 0 aromatic carbocycles. The van der Waals surface area contributed by atoms with Crippen LogP contribution in [0.3, 0.4) is 0 Å². The van der Waals surface area contributed by atoms with E-state index in [0.717, 1.165) is 65.1 Å². The average molecular weight is 509 g/mol. The predicted molar refractivity (Wildman–Crippen MR) is 139 cm³/mol. The number of rotatable bonds is 4. The summed E-state index contributed by atoms with van der Waals surface area (Å²) in [7, 11) is 0. The number of nitrogens with zero attached hydrogens (tertiary/aromatic N) is 6. The van der Waals surface area contributed by atoms with Crippen LogP contribution in [0.5, 0.6) is 0 Å². The molecule has 4 aromatic heterocycles. The zero-order valence-electron chi connectivity index (χ0n) is 22.4. The highest BCUT2D eigenvalue weighted by atomic mass is 35.5. The van der Waals surface area contributed by atoms with Gasteiger partial charge in [0.15, 0.2) is 5.65 Å². The molecule has 1 spiro atoms. The van der Waals surface area contributed by atoms with Crippen LogP contribution in [-0.4, -0.2) is 37.4 Å². The van der Waals surface area contributed by atoms with E-state index >= 15 is 0 Å². The third-order valence-corrected chi connectivity index (χ3v) is 9.22. The smallest absolute Gasteiger partial charge is 0.211 e. The number of piperidine rings is 1. The van der Waals surface area contributed by atoms with Gasteiger partial charge in [-0.25, -0.2) is 9.97 Å². The standard InChI is InChI=1S/C26H28ClN7S/c1-3-18-21(27)20(6-10-30-18)35-22-16(2)32-25(34-14-11-31-24(22)34)33-12-7-26(8-13-33)15-19-17(23(26)28)5-4-9-29-19/h4-6,9-11,14,23H,3,7-8,12-13,15,28H2,1-2H3/t23-/m1/s1/i1D3. The van der Waals surface area contributed by atoms with Crippen molar-refractivity contribution in [3.05, 3.63) is 70.7 Å². The fourth-order valence-electron chi connectivity index (χ4n) is 5.47. The van der Waals surface area contributed by atoms with Crippen LogP contribution >= 0.6 is 23.4 Å². The maximum atomic E-state index is 7.59. The summed E-state index contributed by atoms with van der Waals surface area (Å²) < 4.78 is 24.8. The molecule has 35 heavy (non-hydrogen) atoms. The lowest BCUT2D eigenvalue weighted by atomic mass is 9.73. The zero-order chi connectivity index (χ0) is 26.7. The lowest BCUT2D eigenvalue weighted by molar-refractivity contribution is 0.186. The van der Waals surface area contributed by atoms with Gasteiger partial charge in [0, 0.05) is 58.6 Å². The van der Waals surface area contributed by atoms with Crippen LogP contribution in [0.15, 0.2) is 52.8 Å². The predicted octanol–water partition coefficient (Wildman–Crippen LogP) is 5.04. The van der Waals surface area contributed by atoms with Gasteiger partial charge in [0.1, 0.15) is 0 Å². The van der Waals surface area contributed by atoms with Crippen molar-refractivity contribution in [2.24, 2.45) is 11.1 Å². The lowest BCUT2D eigenvalue weighted by Gasteiger charge is -2.42. The molecule has 0 radical (unpaired) electrons. The normalized spacial score (nSPS) is 20.6. The van der Waals surface area contributed by atoms with Crippen molar-refractivity contribution < 1.29 is 4.11 Å². The Kier molecular flexibility index (Phi) is 4.88. The van der Waals surface area contributed by atoms with Crippen LogP contribution in [0.4, 0.5) is 5.95 Å². The number of aryl methyl sites for hydroxylation is 2. The first-order valence-corrected chi connectivity index (χ1v) is 12.9. The monoisotopic (exact) mass is 508 g/mol. The van der Waals surface area contributed by atoms with Crippen LogP contribution in [0, 0.1) is 12.3 Å². The van der Waals surface area contributed by atoms with Crippen LogP contribution in [-0.2, 0) is 12.8 Å². The van der Waals surface area contributed by atoms with E-state index < -0.39 is 6.85 Å². The number of hydrogen-bond donors (Lipinski definition) is 1. The van der Waals surface area contributed by atoms with Crippen molar-refractivity contribution >= 4 is 35.0 Å². The summed E-state index contributed by atoms with van der Waals surface area (Å²) in [5, 5.41) is 0.353. The number of imidazole rings is 1. The summed E-state index contributed by atoms with van der Waals surface area (Å²) in [5.41, 5.74) is 11.1. The number of anilines is 1. The molecule has 1 fully saturated rings. The van der Waals surface area contributed by atoms with Crippen molar-refractivity contribution in [1.82, 2.24) is 24.3 Å². The Bertz CT molecular complexity index is 1510. The molecule has 0 amide bonds. The van der Waals surface area contributed by atoms with E-state index in [2.05, 4.69) is 25.9 Å². The number of pyridine rings is 2.